The summed E-state index contributed by atoms with van der Waals surface area (Å²) < 4.78 is 25.8. The van der Waals surface area contributed by atoms with Crippen LogP contribution in [0.25, 0.3) is 5.57 Å². The van der Waals surface area contributed by atoms with Crippen molar-refractivity contribution >= 4 is 18.9 Å². The number of aliphatic hydroxyl groups excluding tert-OH is 1. The van der Waals surface area contributed by atoms with Gasteiger partial charge in [0, 0.05) is 25.9 Å². The van der Waals surface area contributed by atoms with Gasteiger partial charge in [0.15, 0.2) is 0 Å². The minimum Gasteiger partial charge on any atom is -0.796 e. The number of aliphatic hydroxyl groups is 1. The fourth-order valence-corrected chi connectivity index (χ4v) is 5.59. The van der Waals surface area contributed by atoms with Gasteiger partial charge in [-0.25, -0.2) is 4.39 Å². The zero-order chi connectivity index (χ0) is 22.0. The van der Waals surface area contributed by atoms with Crippen LogP contribution in [0.4, 0.5) is 4.39 Å². The van der Waals surface area contributed by atoms with E-state index >= 15 is 0 Å². The number of rotatable bonds is 7. The Morgan fingerprint density at radius 1 is 1.23 bits per heavy atom. The molecule has 0 bridgehead atoms. The molecule has 0 saturated heterocycles. The molecule has 31 heavy (non-hydrogen) atoms. The molecule has 9 heteroatoms. The normalized spacial score (nSPS) is 20.4. The molecule has 0 amide bonds. The van der Waals surface area contributed by atoms with Crippen LogP contribution in [0.5, 0.6) is 0 Å². The number of carbonyl (C=O) groups excluding carboxylic acids is 1. The summed E-state index contributed by atoms with van der Waals surface area (Å²) in [5, 5.41) is 20.2. The molecular weight excluding hydrogens is 408 g/mol. The Morgan fingerprint density at radius 3 is 2.29 bits per heavy atom. The van der Waals surface area contributed by atoms with Gasteiger partial charge in [0.05, 0.1) is 6.10 Å². The average molecular weight is 436 g/mol. The van der Waals surface area contributed by atoms with Crippen molar-refractivity contribution in [1.82, 2.24) is 0 Å². The Labute approximate surface area is 208 Å². The van der Waals surface area contributed by atoms with Crippen molar-refractivity contribution in [1.29, 1.82) is 0 Å². The molecule has 2 atom stereocenters. The SMILES string of the molecule is CC1(C)CC(c2ccc(F)cc2)=C(C=CP(=O)([O-])C[C@@H](O)CC(=O)[O-])C(C)(C)C1.[Li+].[Li+]. The summed E-state index contributed by atoms with van der Waals surface area (Å²) in [4.78, 5) is 22.9. The van der Waals surface area contributed by atoms with Gasteiger partial charge >= 0.3 is 37.7 Å². The second-order valence-corrected chi connectivity index (χ2v) is 11.4. The molecular formula is C22H28FLi2O5P. The van der Waals surface area contributed by atoms with E-state index in [0.717, 1.165) is 28.9 Å². The van der Waals surface area contributed by atoms with Gasteiger partial charge in [-0.3, -0.25) is 0 Å². The van der Waals surface area contributed by atoms with Crippen molar-refractivity contribution in [2.75, 3.05) is 6.16 Å². The maximum atomic E-state index is 13.4. The van der Waals surface area contributed by atoms with Crippen LogP contribution in [-0.4, -0.2) is 23.3 Å². The van der Waals surface area contributed by atoms with E-state index in [4.69, 9.17) is 0 Å². The molecule has 0 saturated carbocycles. The van der Waals surface area contributed by atoms with Crippen LogP contribution in [0.2, 0.25) is 0 Å². The third-order valence-corrected chi connectivity index (χ3v) is 6.69. The molecule has 1 N–H and O–H groups in total. The molecule has 1 aliphatic carbocycles. The molecule has 1 aromatic carbocycles. The van der Waals surface area contributed by atoms with Crippen LogP contribution < -0.4 is 47.7 Å². The number of carbonyl (C=O) groups is 1. The first-order valence-electron chi connectivity index (χ1n) is 9.57. The number of benzene rings is 1. The van der Waals surface area contributed by atoms with Crippen LogP contribution in [0.15, 0.2) is 41.7 Å². The van der Waals surface area contributed by atoms with E-state index in [1.165, 1.54) is 12.1 Å². The van der Waals surface area contributed by atoms with E-state index in [1.807, 2.05) is 13.8 Å². The zero-order valence-corrected chi connectivity index (χ0v) is 20.2. The van der Waals surface area contributed by atoms with Crippen LogP contribution >= 0.6 is 7.37 Å². The first-order chi connectivity index (χ1) is 13.2. The number of halogens is 1. The van der Waals surface area contributed by atoms with E-state index in [2.05, 4.69) is 13.8 Å². The van der Waals surface area contributed by atoms with Crippen LogP contribution in [0.1, 0.15) is 52.5 Å². The third-order valence-electron chi connectivity index (χ3n) is 5.16. The van der Waals surface area contributed by atoms with Crippen molar-refractivity contribution in [3.8, 4) is 0 Å². The van der Waals surface area contributed by atoms with Gasteiger partial charge in [-0.2, -0.15) is 0 Å². The van der Waals surface area contributed by atoms with Gasteiger partial charge in [-0.15, -0.1) is 0 Å². The number of hydrogen-bond acceptors (Lipinski definition) is 5. The van der Waals surface area contributed by atoms with Gasteiger partial charge in [0.2, 0.25) is 0 Å². The van der Waals surface area contributed by atoms with Crippen molar-refractivity contribution in [2.45, 2.75) is 53.1 Å². The first-order valence-corrected chi connectivity index (χ1v) is 11.5. The third kappa shape index (κ3) is 9.07. The molecule has 0 spiro atoms. The van der Waals surface area contributed by atoms with E-state index in [0.29, 0.717) is 6.42 Å². The molecule has 0 aliphatic heterocycles. The van der Waals surface area contributed by atoms with Gasteiger partial charge < -0.3 is 24.5 Å². The van der Waals surface area contributed by atoms with Crippen LogP contribution in [0, 0.1) is 16.6 Å². The standard InChI is InChI=1S/C22H30FO5P.2Li/c1-21(2)12-18(15-5-7-16(23)8-6-15)19(22(3,4)14-21)9-10-29(27,28)13-17(24)11-20(25)26;;/h5-10,17,24H,11-14H2,1-4H3,(H,25,26)(H,27,28);;/q;2*+1/p-2/t17-;;/m0../s1. The van der Waals surface area contributed by atoms with E-state index in [-0.39, 0.29) is 54.4 Å². The Morgan fingerprint density at radius 2 is 1.77 bits per heavy atom. The maximum Gasteiger partial charge on any atom is 1.00 e. The van der Waals surface area contributed by atoms with Crippen molar-refractivity contribution in [2.24, 2.45) is 10.8 Å². The quantitative estimate of drug-likeness (QED) is 0.365. The molecule has 1 unspecified atom stereocenters. The molecule has 0 heterocycles. The summed E-state index contributed by atoms with van der Waals surface area (Å²) in [6.07, 6.45) is 0.176. The number of carboxylic acids is 1. The molecule has 0 fully saturated rings. The Balaban J connectivity index is 0.00000450. The van der Waals surface area contributed by atoms with Gasteiger partial charge in [0.25, 0.3) is 0 Å². The second-order valence-electron chi connectivity index (χ2n) is 9.26. The van der Waals surface area contributed by atoms with E-state index < -0.39 is 32.0 Å². The smallest absolute Gasteiger partial charge is 0.796 e. The summed E-state index contributed by atoms with van der Waals surface area (Å²) in [6.45, 7) is 8.37. The largest absolute Gasteiger partial charge is 1.00 e. The second kappa shape index (κ2) is 11.5. The Hall–Kier alpha value is -0.555. The minimum absolute atomic E-state index is 0. The van der Waals surface area contributed by atoms with Gasteiger partial charge in [0.1, 0.15) is 5.82 Å². The van der Waals surface area contributed by atoms with Crippen molar-refractivity contribution in [3.63, 3.8) is 0 Å². The monoisotopic (exact) mass is 436 g/mol. The Kier molecular flexibility index (Phi) is 11.3. The first kappa shape index (κ1) is 30.4. The minimum atomic E-state index is -4.15. The number of allylic oxidation sites excluding steroid dienone is 3. The van der Waals surface area contributed by atoms with Gasteiger partial charge in [-0.1, -0.05) is 45.9 Å². The fourth-order valence-electron chi connectivity index (χ4n) is 4.37. The zero-order valence-electron chi connectivity index (χ0n) is 19.3. The van der Waals surface area contributed by atoms with Crippen LogP contribution in [0.3, 0.4) is 0 Å². The molecule has 1 aromatic rings. The number of aliphatic carboxylic acids is 1. The Bertz CT molecular complexity index is 878. The topological polar surface area (TPSA) is 100 Å². The summed E-state index contributed by atoms with van der Waals surface area (Å²) in [5.74, 6) is -0.782. The predicted molar refractivity (Wildman–Crippen MR) is 107 cm³/mol. The number of carboxylic acid groups (broad SMARTS) is 1. The molecule has 5 nitrogen and oxygen atoms in total. The summed E-state index contributed by atoms with van der Waals surface area (Å²) in [6, 6.07) is 6.15. The van der Waals surface area contributed by atoms with Crippen molar-refractivity contribution < 1.29 is 66.6 Å². The number of hydrogen-bond donors (Lipinski definition) is 1. The average Bonchev–Trinajstić information content (AvgIpc) is 2.50. The summed E-state index contributed by atoms with van der Waals surface area (Å²) >= 11 is 0. The van der Waals surface area contributed by atoms with E-state index in [9.17, 15) is 28.9 Å². The molecule has 0 aromatic heterocycles. The molecule has 0 radical (unpaired) electrons. The maximum absolute atomic E-state index is 13.4. The summed E-state index contributed by atoms with van der Waals surface area (Å²) in [5.41, 5.74) is 2.29. The summed E-state index contributed by atoms with van der Waals surface area (Å²) in [7, 11) is -4.15. The van der Waals surface area contributed by atoms with Gasteiger partial charge in [-0.05, 0) is 58.3 Å². The molecule has 1 aliphatic rings. The van der Waals surface area contributed by atoms with Crippen molar-refractivity contribution in [3.05, 3.63) is 53.1 Å². The van der Waals surface area contributed by atoms with E-state index in [1.54, 1.807) is 18.2 Å². The molecule has 160 valence electrons. The predicted octanol–water partition coefficient (Wildman–Crippen LogP) is -2.91. The van der Waals surface area contributed by atoms with Crippen LogP contribution in [-0.2, 0) is 9.36 Å². The fraction of sp³-hybridized carbons (Fsp3) is 0.500. The molecule has 2 rings (SSSR count).